The molecule has 1 heterocycles. The molecule has 0 saturated carbocycles. The Hall–Kier alpha value is -2.13. The van der Waals surface area contributed by atoms with E-state index in [0.29, 0.717) is 0 Å². The summed E-state index contributed by atoms with van der Waals surface area (Å²) in [5.74, 6) is -7.33. The molecule has 1 rings (SSSR count). The molecule has 0 bridgehead atoms. The van der Waals surface area contributed by atoms with Crippen molar-refractivity contribution in [2.24, 2.45) is 0 Å². The summed E-state index contributed by atoms with van der Waals surface area (Å²) in [4.78, 5) is 21.9. The van der Waals surface area contributed by atoms with E-state index in [9.17, 15) is 27.2 Å². The maximum absolute atomic E-state index is 12.6. The molecule has 1 aromatic heterocycles. The van der Waals surface area contributed by atoms with Crippen molar-refractivity contribution >= 4 is 17.5 Å². The molecule has 2 amide bonds. The van der Waals surface area contributed by atoms with Gasteiger partial charge in [0.25, 0.3) is 0 Å². The van der Waals surface area contributed by atoms with Crippen LogP contribution in [0.5, 0.6) is 0 Å². The van der Waals surface area contributed by atoms with Gasteiger partial charge in [-0.25, -0.2) is 8.78 Å². The van der Waals surface area contributed by atoms with Gasteiger partial charge in [-0.05, 0) is 0 Å². The molecule has 0 saturated heterocycles. The zero-order valence-corrected chi connectivity index (χ0v) is 9.66. The summed E-state index contributed by atoms with van der Waals surface area (Å²) in [7, 11) is 1.39. The van der Waals surface area contributed by atoms with Gasteiger partial charge in [-0.15, -0.1) is 0 Å². The summed E-state index contributed by atoms with van der Waals surface area (Å²) in [5, 5.41) is 7.48. The van der Waals surface area contributed by atoms with Gasteiger partial charge < -0.3 is 10.6 Å². The molecule has 0 unspecified atom stereocenters. The second-order valence-electron chi connectivity index (χ2n) is 3.48. The van der Waals surface area contributed by atoms with Gasteiger partial charge in [0.15, 0.2) is 0 Å². The van der Waals surface area contributed by atoms with Gasteiger partial charge in [-0.2, -0.15) is 13.9 Å². The van der Waals surface area contributed by atoms with E-state index < -0.39 is 24.2 Å². The van der Waals surface area contributed by atoms with Crippen LogP contribution in [0.4, 0.5) is 23.2 Å². The van der Waals surface area contributed by atoms with E-state index in [1.165, 1.54) is 7.05 Å². The highest BCUT2D eigenvalue weighted by Gasteiger charge is 2.49. The average molecular weight is 282 g/mol. The van der Waals surface area contributed by atoms with E-state index in [0.717, 1.165) is 17.1 Å². The first-order chi connectivity index (χ1) is 8.77. The Balaban J connectivity index is 2.69. The van der Waals surface area contributed by atoms with Crippen molar-refractivity contribution in [2.45, 2.75) is 18.9 Å². The highest BCUT2D eigenvalue weighted by molar-refractivity contribution is 5.96. The van der Waals surface area contributed by atoms with Crippen LogP contribution in [0.15, 0.2) is 12.4 Å². The first-order valence-corrected chi connectivity index (χ1v) is 4.97. The Labute approximate surface area is 104 Å². The normalized spacial score (nSPS) is 11.5. The quantitative estimate of drug-likeness (QED) is 0.771. The summed E-state index contributed by atoms with van der Waals surface area (Å²) in [6.07, 6.45) is -2.08. The molecule has 2 N–H and O–H groups in total. The number of nitrogens with one attached hydrogen (secondary N) is 2. The number of nitrogens with zero attached hydrogens (tertiary/aromatic N) is 2. The van der Waals surface area contributed by atoms with Crippen molar-refractivity contribution in [3.63, 3.8) is 0 Å². The van der Waals surface area contributed by atoms with Gasteiger partial charge in [-0.1, -0.05) is 0 Å². The number of carbonyl (C=O) groups excluding carboxylic acids is 2. The molecule has 0 aliphatic rings. The maximum Gasteiger partial charge on any atom is 0.383 e. The standard InChI is InChI=1S/C9H10F4N4O2/c1-14-6(18)4-17-3-5(2-15-17)16-8(19)9(12,13)7(10)11/h2-3,7H,4H2,1H3,(H,14,18)(H,16,19). The fourth-order valence-corrected chi connectivity index (χ4v) is 1.05. The SMILES string of the molecule is CNC(=O)Cn1cc(NC(=O)C(F)(F)C(F)F)cn1. The largest absolute Gasteiger partial charge is 0.383 e. The number of anilines is 1. The van der Waals surface area contributed by atoms with Gasteiger partial charge in [0.05, 0.1) is 11.9 Å². The topological polar surface area (TPSA) is 76.0 Å². The first-order valence-electron chi connectivity index (χ1n) is 4.97. The van der Waals surface area contributed by atoms with Crippen LogP contribution in [0.2, 0.25) is 0 Å². The van der Waals surface area contributed by atoms with Crippen LogP contribution >= 0.6 is 0 Å². The molecule has 106 valence electrons. The summed E-state index contributed by atoms with van der Waals surface area (Å²) < 4.78 is 50.1. The Morgan fingerprint density at radius 1 is 1.47 bits per heavy atom. The number of rotatable bonds is 5. The Morgan fingerprint density at radius 3 is 2.63 bits per heavy atom. The molecule has 19 heavy (non-hydrogen) atoms. The average Bonchev–Trinajstić information content (AvgIpc) is 2.75. The molecule has 10 heteroatoms. The van der Waals surface area contributed by atoms with E-state index in [4.69, 9.17) is 0 Å². The van der Waals surface area contributed by atoms with Crippen molar-refractivity contribution in [3.05, 3.63) is 12.4 Å². The van der Waals surface area contributed by atoms with Crippen LogP contribution in [0, 0.1) is 0 Å². The molecule has 0 aliphatic carbocycles. The number of hydrogen-bond donors (Lipinski definition) is 2. The van der Waals surface area contributed by atoms with Crippen LogP contribution in [0.25, 0.3) is 0 Å². The minimum Gasteiger partial charge on any atom is -0.358 e. The fourth-order valence-electron chi connectivity index (χ4n) is 1.05. The highest BCUT2D eigenvalue weighted by Crippen LogP contribution is 2.24. The van der Waals surface area contributed by atoms with Gasteiger partial charge in [0.1, 0.15) is 6.54 Å². The molecular formula is C9H10F4N4O2. The molecule has 0 radical (unpaired) electrons. The molecule has 6 nitrogen and oxygen atoms in total. The number of hydrogen-bond acceptors (Lipinski definition) is 3. The molecular weight excluding hydrogens is 272 g/mol. The smallest absolute Gasteiger partial charge is 0.358 e. The highest BCUT2D eigenvalue weighted by atomic mass is 19.3. The predicted molar refractivity (Wildman–Crippen MR) is 55.9 cm³/mol. The third-order valence-electron chi connectivity index (χ3n) is 2.05. The van der Waals surface area contributed by atoms with Crippen LogP contribution < -0.4 is 10.6 Å². The number of carbonyl (C=O) groups is 2. The molecule has 0 fully saturated rings. The summed E-state index contributed by atoms with van der Waals surface area (Å²) >= 11 is 0. The second-order valence-corrected chi connectivity index (χ2v) is 3.48. The van der Waals surface area contributed by atoms with Crippen molar-refractivity contribution in [2.75, 3.05) is 12.4 Å². The van der Waals surface area contributed by atoms with Crippen LogP contribution in [-0.2, 0) is 16.1 Å². The van der Waals surface area contributed by atoms with Gasteiger partial charge in [-0.3, -0.25) is 14.3 Å². The van der Waals surface area contributed by atoms with Crippen LogP contribution in [-0.4, -0.2) is 41.0 Å². The molecule has 0 aromatic carbocycles. The molecule has 0 atom stereocenters. The lowest BCUT2D eigenvalue weighted by molar-refractivity contribution is -0.163. The second kappa shape index (κ2) is 5.67. The van der Waals surface area contributed by atoms with Crippen molar-refractivity contribution in [3.8, 4) is 0 Å². The van der Waals surface area contributed by atoms with Crippen molar-refractivity contribution in [1.29, 1.82) is 0 Å². The summed E-state index contributed by atoms with van der Waals surface area (Å²) in [6, 6.07) is 0. The molecule has 0 spiro atoms. The monoisotopic (exact) mass is 282 g/mol. The first kappa shape index (κ1) is 14.9. The number of alkyl halides is 4. The fraction of sp³-hybridized carbons (Fsp3) is 0.444. The van der Waals surface area contributed by atoms with Crippen LogP contribution in [0.1, 0.15) is 0 Å². The number of halogens is 4. The third-order valence-corrected chi connectivity index (χ3v) is 2.05. The Kier molecular flexibility index (Phi) is 4.46. The zero-order chi connectivity index (χ0) is 14.6. The predicted octanol–water partition coefficient (Wildman–Crippen LogP) is 0.468. The zero-order valence-electron chi connectivity index (χ0n) is 9.66. The lowest BCUT2D eigenvalue weighted by Crippen LogP contribution is -2.40. The van der Waals surface area contributed by atoms with E-state index in [1.807, 2.05) is 0 Å². The van der Waals surface area contributed by atoms with E-state index in [1.54, 1.807) is 5.32 Å². The number of aromatic nitrogens is 2. The van der Waals surface area contributed by atoms with E-state index in [2.05, 4.69) is 10.4 Å². The third kappa shape index (κ3) is 3.66. The van der Waals surface area contributed by atoms with Crippen molar-refractivity contribution in [1.82, 2.24) is 15.1 Å². The van der Waals surface area contributed by atoms with Gasteiger partial charge >= 0.3 is 18.3 Å². The van der Waals surface area contributed by atoms with E-state index in [-0.39, 0.29) is 12.2 Å². The summed E-state index contributed by atoms with van der Waals surface area (Å²) in [5.41, 5.74) is -0.214. The lowest BCUT2D eigenvalue weighted by atomic mass is 10.3. The maximum atomic E-state index is 12.6. The van der Waals surface area contributed by atoms with Crippen LogP contribution in [0.3, 0.4) is 0 Å². The lowest BCUT2D eigenvalue weighted by Gasteiger charge is -2.13. The Morgan fingerprint density at radius 2 is 2.11 bits per heavy atom. The molecule has 0 aliphatic heterocycles. The number of likely N-dealkylation sites (N-methyl/N-ethyl adjacent to an activating group) is 1. The van der Waals surface area contributed by atoms with Crippen molar-refractivity contribution < 1.29 is 27.2 Å². The minimum absolute atomic E-state index is 0.197. The van der Waals surface area contributed by atoms with Gasteiger partial charge in [0, 0.05) is 13.2 Å². The van der Waals surface area contributed by atoms with E-state index >= 15 is 0 Å². The number of amides is 2. The Bertz CT molecular complexity index is 475. The minimum atomic E-state index is -4.79. The van der Waals surface area contributed by atoms with Gasteiger partial charge in [0.2, 0.25) is 5.91 Å². The molecule has 1 aromatic rings. The summed E-state index contributed by atoms with van der Waals surface area (Å²) in [6.45, 7) is -0.197.